The minimum absolute atomic E-state index is 0.0203. The Morgan fingerprint density at radius 3 is 2.36 bits per heavy atom. The zero-order chi connectivity index (χ0) is 28.6. The molecule has 1 N–H and O–H groups in total. The zero-order valence-corrected chi connectivity index (χ0v) is 25.9. The van der Waals surface area contributed by atoms with Crippen LogP contribution in [0.15, 0.2) is 11.6 Å². The molecule has 5 aliphatic carbocycles. The average molecular weight is 540 g/mol. The third kappa shape index (κ3) is 4.14. The Labute approximate surface area is 236 Å². The summed E-state index contributed by atoms with van der Waals surface area (Å²) in [5.74, 6) is 1.08. The van der Waals surface area contributed by atoms with E-state index in [2.05, 4.69) is 59.9 Å². The van der Waals surface area contributed by atoms with Gasteiger partial charge < -0.3 is 10.1 Å². The molecule has 0 aliphatic heterocycles. The molecule has 0 spiro atoms. The summed E-state index contributed by atoms with van der Waals surface area (Å²) in [7, 11) is 0. The standard InChI is InChI=1S/C34H53NO4/c1-9-39-27(38)12-19-35-34-17-15-29(2,3)21-22(34)28-23(36)20-25-31(6)13-11-26(37)30(4,5)24(31)10-14-32(25,7)33(28,8)16-18-34/h20,22,24,28,35H,9-19,21H2,1-8H3/t22-,24-,28-,31-,32+,33+,34-/m0/s1. The first-order valence-electron chi connectivity index (χ1n) is 15.8. The van der Waals surface area contributed by atoms with E-state index in [1.165, 1.54) is 5.57 Å². The van der Waals surface area contributed by atoms with Crippen LogP contribution < -0.4 is 5.32 Å². The molecule has 39 heavy (non-hydrogen) atoms. The Bertz CT molecular complexity index is 1090. The Morgan fingerprint density at radius 2 is 1.67 bits per heavy atom. The molecule has 4 saturated carbocycles. The summed E-state index contributed by atoms with van der Waals surface area (Å²) in [5, 5.41) is 3.88. The molecular formula is C34H53NO4. The van der Waals surface area contributed by atoms with Gasteiger partial charge in [0.25, 0.3) is 0 Å². The summed E-state index contributed by atoms with van der Waals surface area (Å²) in [6.45, 7) is 19.2. The van der Waals surface area contributed by atoms with Crippen LogP contribution in [0.5, 0.6) is 0 Å². The second kappa shape index (κ2) is 9.26. The number of ketones is 2. The number of hydrogen-bond donors (Lipinski definition) is 1. The molecule has 5 rings (SSSR count). The van der Waals surface area contributed by atoms with E-state index < -0.39 is 0 Å². The molecule has 218 valence electrons. The first-order valence-corrected chi connectivity index (χ1v) is 15.8. The second-order valence-corrected chi connectivity index (χ2v) is 16.0. The van der Waals surface area contributed by atoms with Gasteiger partial charge in [0.1, 0.15) is 5.78 Å². The van der Waals surface area contributed by atoms with Crippen molar-refractivity contribution < 1.29 is 19.1 Å². The van der Waals surface area contributed by atoms with Gasteiger partial charge in [-0.25, -0.2) is 0 Å². The fraction of sp³-hybridized carbons (Fsp3) is 0.853. The molecule has 0 unspecified atom stereocenters. The van der Waals surface area contributed by atoms with Crippen LogP contribution in [0.3, 0.4) is 0 Å². The molecule has 0 amide bonds. The summed E-state index contributed by atoms with van der Waals surface area (Å²) in [6, 6.07) is 0. The van der Waals surface area contributed by atoms with Crippen LogP contribution in [0.2, 0.25) is 0 Å². The van der Waals surface area contributed by atoms with Gasteiger partial charge in [0, 0.05) is 29.8 Å². The highest BCUT2D eigenvalue weighted by molar-refractivity contribution is 5.96. The first kappa shape index (κ1) is 29.0. The molecule has 0 aromatic heterocycles. The van der Waals surface area contributed by atoms with Crippen molar-refractivity contribution in [1.29, 1.82) is 0 Å². The lowest BCUT2D eigenvalue weighted by molar-refractivity contribution is -0.167. The number of Topliss-reactive ketones (excluding diaryl/α,β-unsaturated/α-hetero) is 1. The molecule has 0 radical (unpaired) electrons. The van der Waals surface area contributed by atoms with Crippen LogP contribution in [0.25, 0.3) is 0 Å². The second-order valence-electron chi connectivity index (χ2n) is 16.0. The van der Waals surface area contributed by atoms with Crippen molar-refractivity contribution >= 4 is 17.5 Å². The summed E-state index contributed by atoms with van der Waals surface area (Å²) < 4.78 is 5.20. The third-order valence-corrected chi connectivity index (χ3v) is 13.2. The van der Waals surface area contributed by atoms with E-state index in [1.54, 1.807) is 0 Å². The van der Waals surface area contributed by atoms with Gasteiger partial charge in [-0.2, -0.15) is 0 Å². The monoisotopic (exact) mass is 539 g/mol. The minimum atomic E-state index is -0.339. The first-order chi connectivity index (χ1) is 18.1. The third-order valence-electron chi connectivity index (χ3n) is 13.2. The van der Waals surface area contributed by atoms with Crippen molar-refractivity contribution in [1.82, 2.24) is 5.32 Å². The van der Waals surface area contributed by atoms with Crippen molar-refractivity contribution in [3.63, 3.8) is 0 Å². The molecule has 0 saturated heterocycles. The zero-order valence-electron chi connectivity index (χ0n) is 25.9. The normalized spacial score (nSPS) is 44.3. The molecule has 5 nitrogen and oxygen atoms in total. The van der Waals surface area contributed by atoms with E-state index in [1.807, 2.05) is 6.92 Å². The van der Waals surface area contributed by atoms with Crippen LogP contribution in [-0.4, -0.2) is 36.2 Å². The molecular weight excluding hydrogens is 486 g/mol. The number of esters is 1. The van der Waals surface area contributed by atoms with Gasteiger partial charge >= 0.3 is 5.97 Å². The summed E-state index contributed by atoms with van der Waals surface area (Å²) >= 11 is 0. The van der Waals surface area contributed by atoms with Crippen molar-refractivity contribution in [3.05, 3.63) is 11.6 Å². The average Bonchev–Trinajstić information content (AvgIpc) is 2.84. The Hall–Kier alpha value is -1.49. The van der Waals surface area contributed by atoms with Gasteiger partial charge in [-0.05, 0) is 97.9 Å². The summed E-state index contributed by atoms with van der Waals surface area (Å²) in [5.41, 5.74) is 0.833. The van der Waals surface area contributed by atoms with E-state index in [-0.39, 0.29) is 50.4 Å². The van der Waals surface area contributed by atoms with Crippen LogP contribution in [0.4, 0.5) is 0 Å². The predicted octanol–water partition coefficient (Wildman–Crippen LogP) is 6.83. The van der Waals surface area contributed by atoms with E-state index >= 15 is 0 Å². The van der Waals surface area contributed by atoms with Crippen molar-refractivity contribution in [3.8, 4) is 0 Å². The quantitative estimate of drug-likeness (QED) is 0.388. The smallest absolute Gasteiger partial charge is 0.307 e. The van der Waals surface area contributed by atoms with Gasteiger partial charge in [0.2, 0.25) is 0 Å². The fourth-order valence-electron chi connectivity index (χ4n) is 10.8. The topological polar surface area (TPSA) is 72.5 Å². The molecule has 5 heteroatoms. The predicted molar refractivity (Wildman–Crippen MR) is 154 cm³/mol. The maximum Gasteiger partial charge on any atom is 0.307 e. The van der Waals surface area contributed by atoms with E-state index in [0.717, 1.165) is 51.4 Å². The largest absolute Gasteiger partial charge is 0.466 e. The Kier molecular flexibility index (Phi) is 6.89. The van der Waals surface area contributed by atoms with Gasteiger partial charge in [-0.1, -0.05) is 54.0 Å². The van der Waals surface area contributed by atoms with Crippen LogP contribution in [-0.2, 0) is 19.1 Å². The number of allylic oxidation sites excluding steroid dienone is 2. The number of carbonyl (C=O) groups is 3. The van der Waals surface area contributed by atoms with E-state index in [0.29, 0.717) is 43.5 Å². The number of ether oxygens (including phenoxy) is 1. The summed E-state index contributed by atoms with van der Waals surface area (Å²) in [4.78, 5) is 39.7. The van der Waals surface area contributed by atoms with Crippen molar-refractivity contribution in [2.45, 2.75) is 125 Å². The molecule has 0 bridgehead atoms. The van der Waals surface area contributed by atoms with Gasteiger partial charge in [-0.15, -0.1) is 0 Å². The van der Waals surface area contributed by atoms with Crippen LogP contribution in [0, 0.1) is 44.8 Å². The van der Waals surface area contributed by atoms with Gasteiger partial charge in [0.15, 0.2) is 5.78 Å². The lowest BCUT2D eigenvalue weighted by Gasteiger charge is -2.70. The number of nitrogens with one attached hydrogen (secondary N) is 1. The SMILES string of the molecule is CCOC(=O)CCN[C@]12CCC(C)(C)C[C@H]1[C@H]1C(=O)C=C3[C@@]4(C)CCC(=O)C(C)(C)[C@@H]4CC[C@@]3(C)[C@]1(C)CC2. The van der Waals surface area contributed by atoms with E-state index in [4.69, 9.17) is 4.74 Å². The Morgan fingerprint density at radius 1 is 0.974 bits per heavy atom. The highest BCUT2D eigenvalue weighted by atomic mass is 16.5. The maximum atomic E-state index is 14.5. The molecule has 0 aromatic carbocycles. The van der Waals surface area contributed by atoms with Crippen LogP contribution >= 0.6 is 0 Å². The molecule has 0 aromatic rings. The fourth-order valence-corrected chi connectivity index (χ4v) is 10.8. The van der Waals surface area contributed by atoms with Crippen molar-refractivity contribution in [2.75, 3.05) is 13.2 Å². The number of hydrogen-bond acceptors (Lipinski definition) is 5. The number of rotatable bonds is 5. The lowest BCUT2D eigenvalue weighted by atomic mass is 9.34. The molecule has 4 fully saturated rings. The lowest BCUT2D eigenvalue weighted by Crippen LogP contribution is -2.69. The van der Waals surface area contributed by atoms with Crippen molar-refractivity contribution in [2.24, 2.45) is 44.8 Å². The van der Waals surface area contributed by atoms with Gasteiger partial charge in [0.05, 0.1) is 13.0 Å². The number of carbonyl (C=O) groups excluding carboxylic acids is 3. The highest BCUT2D eigenvalue weighted by Gasteiger charge is 2.69. The minimum Gasteiger partial charge on any atom is -0.466 e. The molecule has 7 atom stereocenters. The highest BCUT2D eigenvalue weighted by Crippen LogP contribution is 2.73. The van der Waals surface area contributed by atoms with Gasteiger partial charge in [-0.3, -0.25) is 14.4 Å². The maximum absolute atomic E-state index is 14.5. The molecule has 0 heterocycles. The molecule has 5 aliphatic rings. The van der Waals surface area contributed by atoms with Crippen LogP contribution in [0.1, 0.15) is 120 Å². The number of fused-ring (bicyclic) bond motifs is 7. The van der Waals surface area contributed by atoms with E-state index in [9.17, 15) is 14.4 Å². The summed E-state index contributed by atoms with van der Waals surface area (Å²) in [6.07, 6.45) is 11.3. The Balaban J connectivity index is 1.53.